The monoisotopic (exact) mass is 249 g/mol. The molecule has 3 atom stereocenters. The highest BCUT2D eigenvalue weighted by molar-refractivity contribution is 5.05. The van der Waals surface area contributed by atoms with E-state index in [4.69, 9.17) is 0 Å². The molecule has 3 aliphatic carbocycles. The van der Waals surface area contributed by atoms with Crippen LogP contribution in [0, 0.1) is 23.2 Å². The number of nitrogens with one attached hydrogen (secondary N) is 1. The molecule has 1 heteroatoms. The zero-order valence-electron chi connectivity index (χ0n) is 12.4. The SMILES string of the molecule is CC(C)NCC1(C2CCCCC2)CC2CCC1C2. The lowest BCUT2D eigenvalue weighted by Crippen LogP contribution is -2.46. The van der Waals surface area contributed by atoms with E-state index in [0.29, 0.717) is 11.5 Å². The lowest BCUT2D eigenvalue weighted by atomic mass is 9.60. The van der Waals surface area contributed by atoms with Crippen LogP contribution < -0.4 is 5.32 Å². The van der Waals surface area contributed by atoms with Gasteiger partial charge in [0.15, 0.2) is 0 Å². The van der Waals surface area contributed by atoms with Crippen molar-refractivity contribution in [3.63, 3.8) is 0 Å². The zero-order chi connectivity index (χ0) is 12.6. The van der Waals surface area contributed by atoms with Crippen molar-refractivity contribution in [3.05, 3.63) is 0 Å². The van der Waals surface area contributed by atoms with Crippen LogP contribution in [-0.2, 0) is 0 Å². The second kappa shape index (κ2) is 5.15. The molecule has 3 rings (SSSR count). The van der Waals surface area contributed by atoms with Gasteiger partial charge in [-0.2, -0.15) is 0 Å². The van der Waals surface area contributed by atoms with Gasteiger partial charge in [0.2, 0.25) is 0 Å². The Bertz CT molecular complexity index is 279. The van der Waals surface area contributed by atoms with Gasteiger partial charge in [-0.3, -0.25) is 0 Å². The summed E-state index contributed by atoms with van der Waals surface area (Å²) in [5.74, 6) is 3.20. The number of hydrogen-bond acceptors (Lipinski definition) is 1. The average molecular weight is 249 g/mol. The minimum atomic E-state index is 0.657. The quantitative estimate of drug-likeness (QED) is 0.780. The Hall–Kier alpha value is -0.0400. The van der Waals surface area contributed by atoms with Gasteiger partial charge in [-0.1, -0.05) is 39.5 Å². The first-order valence-corrected chi connectivity index (χ1v) is 8.44. The van der Waals surface area contributed by atoms with Gasteiger partial charge in [0.25, 0.3) is 0 Å². The van der Waals surface area contributed by atoms with Crippen LogP contribution in [0.5, 0.6) is 0 Å². The van der Waals surface area contributed by atoms with Gasteiger partial charge in [-0.15, -0.1) is 0 Å². The lowest BCUT2D eigenvalue weighted by molar-refractivity contribution is 0.0459. The summed E-state index contributed by atoms with van der Waals surface area (Å²) in [6.45, 7) is 5.93. The van der Waals surface area contributed by atoms with E-state index in [0.717, 1.165) is 17.8 Å². The molecule has 1 nitrogen and oxygen atoms in total. The second-order valence-electron chi connectivity index (χ2n) is 7.68. The summed E-state index contributed by atoms with van der Waals surface area (Å²) in [4.78, 5) is 0. The van der Waals surface area contributed by atoms with E-state index in [1.165, 1.54) is 38.6 Å². The maximum Gasteiger partial charge on any atom is 0.00156 e. The summed E-state index contributed by atoms with van der Waals surface area (Å²) in [5, 5.41) is 3.81. The molecule has 0 radical (unpaired) electrons. The van der Waals surface area contributed by atoms with Crippen molar-refractivity contribution in [1.82, 2.24) is 5.32 Å². The zero-order valence-corrected chi connectivity index (χ0v) is 12.4. The van der Waals surface area contributed by atoms with Gasteiger partial charge in [0, 0.05) is 12.6 Å². The number of fused-ring (bicyclic) bond motifs is 2. The van der Waals surface area contributed by atoms with Gasteiger partial charge < -0.3 is 5.32 Å². The van der Waals surface area contributed by atoms with Gasteiger partial charge in [0.05, 0.1) is 0 Å². The smallest absolute Gasteiger partial charge is 0.00156 e. The van der Waals surface area contributed by atoms with Crippen LogP contribution in [0.2, 0.25) is 0 Å². The first kappa shape index (κ1) is 13.0. The molecule has 0 amide bonds. The van der Waals surface area contributed by atoms with E-state index in [9.17, 15) is 0 Å². The van der Waals surface area contributed by atoms with Gasteiger partial charge >= 0.3 is 0 Å². The summed E-state index contributed by atoms with van der Waals surface area (Å²) in [5.41, 5.74) is 0.702. The predicted octanol–water partition coefficient (Wildman–Crippen LogP) is 4.37. The Labute approximate surface area is 113 Å². The summed E-state index contributed by atoms with van der Waals surface area (Å²) in [6, 6.07) is 0.657. The normalized spacial score (nSPS) is 40.8. The van der Waals surface area contributed by atoms with Crippen molar-refractivity contribution >= 4 is 0 Å². The van der Waals surface area contributed by atoms with Crippen LogP contribution in [0.1, 0.15) is 71.6 Å². The molecular weight excluding hydrogens is 218 g/mol. The van der Waals surface area contributed by atoms with Gasteiger partial charge in [-0.05, 0) is 55.3 Å². The minimum Gasteiger partial charge on any atom is -0.314 e. The van der Waals surface area contributed by atoms with Crippen LogP contribution in [0.15, 0.2) is 0 Å². The Balaban J connectivity index is 1.74. The second-order valence-corrected chi connectivity index (χ2v) is 7.68. The molecule has 1 N–H and O–H groups in total. The standard InChI is InChI=1S/C17H31N/c1-13(2)18-12-17(15-6-4-3-5-7-15)11-14-8-9-16(17)10-14/h13-16,18H,3-12H2,1-2H3. The molecule has 0 aromatic carbocycles. The first-order chi connectivity index (χ1) is 8.71. The molecule has 3 saturated carbocycles. The highest BCUT2D eigenvalue weighted by atomic mass is 14.9. The van der Waals surface area contributed by atoms with Gasteiger partial charge in [0.1, 0.15) is 0 Å². The Kier molecular flexibility index (Phi) is 3.71. The average Bonchev–Trinajstić information content (AvgIpc) is 2.98. The van der Waals surface area contributed by atoms with Gasteiger partial charge in [-0.25, -0.2) is 0 Å². The third-order valence-electron chi connectivity index (χ3n) is 6.28. The molecular formula is C17H31N. The fraction of sp³-hybridized carbons (Fsp3) is 1.00. The van der Waals surface area contributed by atoms with Crippen LogP contribution in [0.3, 0.4) is 0 Å². The first-order valence-electron chi connectivity index (χ1n) is 8.44. The molecule has 0 spiro atoms. The van der Waals surface area contributed by atoms with Crippen LogP contribution >= 0.6 is 0 Å². The molecule has 3 aliphatic rings. The number of hydrogen-bond donors (Lipinski definition) is 1. The molecule has 3 unspecified atom stereocenters. The summed E-state index contributed by atoms with van der Waals surface area (Å²) in [6.07, 6.45) is 13.8. The van der Waals surface area contributed by atoms with Crippen molar-refractivity contribution in [2.24, 2.45) is 23.2 Å². The Morgan fingerprint density at radius 2 is 1.78 bits per heavy atom. The summed E-state index contributed by atoms with van der Waals surface area (Å²) >= 11 is 0. The molecule has 0 heterocycles. The molecule has 0 aliphatic heterocycles. The molecule has 0 aromatic rings. The van der Waals surface area contributed by atoms with Crippen molar-refractivity contribution < 1.29 is 0 Å². The third-order valence-corrected chi connectivity index (χ3v) is 6.28. The maximum absolute atomic E-state index is 3.81. The van der Waals surface area contributed by atoms with Crippen molar-refractivity contribution in [3.8, 4) is 0 Å². The highest BCUT2D eigenvalue weighted by Gasteiger charge is 2.54. The van der Waals surface area contributed by atoms with E-state index >= 15 is 0 Å². The van der Waals surface area contributed by atoms with E-state index in [-0.39, 0.29) is 0 Å². The molecule has 3 fully saturated rings. The molecule has 2 bridgehead atoms. The molecule has 0 saturated heterocycles. The van der Waals surface area contributed by atoms with Crippen LogP contribution in [0.25, 0.3) is 0 Å². The molecule has 104 valence electrons. The Morgan fingerprint density at radius 3 is 2.33 bits per heavy atom. The van der Waals surface area contributed by atoms with Crippen LogP contribution in [0.4, 0.5) is 0 Å². The van der Waals surface area contributed by atoms with E-state index in [2.05, 4.69) is 19.2 Å². The molecule has 0 aromatic heterocycles. The van der Waals surface area contributed by atoms with E-state index in [1.807, 2.05) is 0 Å². The topological polar surface area (TPSA) is 12.0 Å². The van der Waals surface area contributed by atoms with Crippen molar-refractivity contribution in [2.45, 2.75) is 77.7 Å². The molecule has 18 heavy (non-hydrogen) atoms. The maximum atomic E-state index is 3.81. The van der Waals surface area contributed by atoms with Crippen LogP contribution in [-0.4, -0.2) is 12.6 Å². The van der Waals surface area contributed by atoms with E-state index in [1.54, 1.807) is 25.7 Å². The fourth-order valence-electron chi connectivity index (χ4n) is 5.42. The fourth-order valence-corrected chi connectivity index (χ4v) is 5.42. The van der Waals surface area contributed by atoms with E-state index < -0.39 is 0 Å². The lowest BCUT2D eigenvalue weighted by Gasteiger charge is -2.46. The largest absolute Gasteiger partial charge is 0.314 e. The highest BCUT2D eigenvalue weighted by Crippen LogP contribution is 2.61. The summed E-state index contributed by atoms with van der Waals surface area (Å²) in [7, 11) is 0. The predicted molar refractivity (Wildman–Crippen MR) is 77.6 cm³/mol. The third kappa shape index (κ3) is 2.24. The Morgan fingerprint density at radius 1 is 1.00 bits per heavy atom. The van der Waals surface area contributed by atoms with Crippen molar-refractivity contribution in [1.29, 1.82) is 0 Å². The number of rotatable bonds is 4. The van der Waals surface area contributed by atoms with Crippen molar-refractivity contribution in [2.75, 3.05) is 6.54 Å². The minimum absolute atomic E-state index is 0.657. The summed E-state index contributed by atoms with van der Waals surface area (Å²) < 4.78 is 0.